The van der Waals surface area contributed by atoms with Crippen molar-refractivity contribution in [3.63, 3.8) is 0 Å². The number of allylic oxidation sites excluding steroid dienone is 1. The number of methoxy groups -OCH3 is 1. The van der Waals surface area contributed by atoms with Gasteiger partial charge >= 0.3 is 12.0 Å². The molecule has 3 rings (SSSR count). The van der Waals surface area contributed by atoms with Crippen molar-refractivity contribution in [2.45, 2.75) is 52.5 Å². The molecule has 1 aliphatic rings. The van der Waals surface area contributed by atoms with Gasteiger partial charge in [0.05, 0.1) is 18.7 Å². The largest absolute Gasteiger partial charge is 0.466 e. The molecule has 0 saturated carbocycles. The van der Waals surface area contributed by atoms with E-state index in [2.05, 4.69) is 43.6 Å². The highest BCUT2D eigenvalue weighted by atomic mass is 32.1. The molecule has 0 unspecified atom stereocenters. The van der Waals surface area contributed by atoms with Gasteiger partial charge in [0, 0.05) is 24.1 Å². The number of thiocarbonyl (C=S) groups is 1. The fourth-order valence-corrected chi connectivity index (χ4v) is 4.44. The van der Waals surface area contributed by atoms with E-state index in [0.717, 1.165) is 28.1 Å². The number of para-hydroxylation sites is 1. The van der Waals surface area contributed by atoms with Gasteiger partial charge in [0.1, 0.15) is 0 Å². The van der Waals surface area contributed by atoms with Gasteiger partial charge in [0.25, 0.3) is 0 Å². The summed E-state index contributed by atoms with van der Waals surface area (Å²) < 4.78 is 5.01. The van der Waals surface area contributed by atoms with Crippen molar-refractivity contribution in [3.05, 3.63) is 70.4 Å². The molecule has 8 heteroatoms. The van der Waals surface area contributed by atoms with Crippen molar-refractivity contribution in [3.8, 4) is 0 Å². The van der Waals surface area contributed by atoms with E-state index in [1.165, 1.54) is 7.11 Å². The number of carbonyl (C=O) groups is 2. The lowest BCUT2D eigenvalue weighted by Gasteiger charge is -2.35. The molecule has 0 spiro atoms. The lowest BCUT2D eigenvalue weighted by atomic mass is 9.93. The molecule has 35 heavy (non-hydrogen) atoms. The molecule has 0 radical (unpaired) electrons. The van der Waals surface area contributed by atoms with Crippen molar-refractivity contribution in [1.29, 1.82) is 0 Å². The monoisotopic (exact) mass is 494 g/mol. The van der Waals surface area contributed by atoms with Gasteiger partial charge in [-0.1, -0.05) is 58.0 Å². The molecular weight excluding hydrogens is 460 g/mol. The Kier molecular flexibility index (Phi) is 8.17. The van der Waals surface area contributed by atoms with Crippen LogP contribution in [0.3, 0.4) is 0 Å². The van der Waals surface area contributed by atoms with E-state index in [4.69, 9.17) is 17.0 Å². The molecule has 186 valence electrons. The maximum Gasteiger partial charge on any atom is 0.337 e. The molecule has 0 fully saturated rings. The first kappa shape index (κ1) is 26.2. The van der Waals surface area contributed by atoms with E-state index >= 15 is 0 Å². The van der Waals surface area contributed by atoms with E-state index in [1.807, 2.05) is 37.3 Å². The summed E-state index contributed by atoms with van der Waals surface area (Å²) in [7, 11) is 3.16. The molecule has 0 bridgehead atoms. The number of amides is 2. The Balaban J connectivity index is 1.82. The van der Waals surface area contributed by atoms with Crippen LogP contribution in [0.2, 0.25) is 0 Å². The highest BCUT2D eigenvalue weighted by Crippen LogP contribution is 2.33. The average Bonchev–Trinajstić information content (AvgIpc) is 2.82. The zero-order valence-corrected chi connectivity index (χ0v) is 22.2. The number of benzene rings is 2. The zero-order valence-electron chi connectivity index (χ0n) is 21.4. The number of rotatable bonds is 6. The third-order valence-electron chi connectivity index (χ3n) is 6.27. The average molecular weight is 495 g/mol. The number of hydrogen-bond acceptors (Lipinski definition) is 4. The Labute approximate surface area is 212 Å². The minimum Gasteiger partial charge on any atom is -0.466 e. The number of esters is 1. The fourth-order valence-electron chi connectivity index (χ4n) is 4.19. The van der Waals surface area contributed by atoms with Gasteiger partial charge in [-0.05, 0) is 59.8 Å². The standard InChI is InChI=1S/C27H34N4O3S/c1-15(2)20-9-8-10-21(16(3)4)24(20)29-26(33)28-19-13-11-18(12-14-19)23-22(25(32)34-7)17(5)31(6)27(35)30-23/h8-16,23H,1-7H3,(H,30,35)(H2,28,29,33)/t23-/m1/s1. The quantitative estimate of drug-likeness (QED) is 0.343. The van der Waals surface area contributed by atoms with Gasteiger partial charge in [0.15, 0.2) is 5.11 Å². The second-order valence-corrected chi connectivity index (χ2v) is 9.64. The molecule has 1 heterocycles. The molecule has 0 aromatic heterocycles. The lowest BCUT2D eigenvalue weighted by molar-refractivity contribution is -0.136. The number of anilines is 2. The summed E-state index contributed by atoms with van der Waals surface area (Å²) in [6.07, 6.45) is 0. The van der Waals surface area contributed by atoms with Crippen LogP contribution < -0.4 is 16.0 Å². The van der Waals surface area contributed by atoms with Crippen molar-refractivity contribution in [2.75, 3.05) is 24.8 Å². The number of carbonyl (C=O) groups excluding carboxylic acids is 2. The molecule has 0 saturated heterocycles. The predicted octanol–water partition coefficient (Wildman–Crippen LogP) is 5.89. The Morgan fingerprint density at radius 2 is 1.57 bits per heavy atom. The molecule has 0 aliphatic carbocycles. The van der Waals surface area contributed by atoms with Crippen LogP contribution in [0.15, 0.2) is 53.7 Å². The Morgan fingerprint density at radius 1 is 1.00 bits per heavy atom. The zero-order chi connectivity index (χ0) is 25.9. The minimum atomic E-state index is -0.444. The molecule has 3 N–H and O–H groups in total. The summed E-state index contributed by atoms with van der Waals surface area (Å²) in [5.74, 6) is 0.134. The first-order valence-electron chi connectivity index (χ1n) is 11.7. The van der Waals surface area contributed by atoms with Crippen LogP contribution >= 0.6 is 12.2 Å². The number of ether oxygens (including phenoxy) is 1. The first-order chi connectivity index (χ1) is 16.5. The minimum absolute atomic E-state index is 0.275. The normalized spacial score (nSPS) is 15.9. The van der Waals surface area contributed by atoms with Crippen LogP contribution in [-0.4, -0.2) is 36.2 Å². The Morgan fingerprint density at radius 3 is 2.09 bits per heavy atom. The molecule has 2 aromatic rings. The smallest absolute Gasteiger partial charge is 0.337 e. The summed E-state index contributed by atoms with van der Waals surface area (Å²) in [5, 5.41) is 9.70. The summed E-state index contributed by atoms with van der Waals surface area (Å²) >= 11 is 5.42. The van der Waals surface area contributed by atoms with Crippen LogP contribution in [0.25, 0.3) is 0 Å². The van der Waals surface area contributed by atoms with Crippen molar-refractivity contribution >= 4 is 40.7 Å². The maximum absolute atomic E-state index is 12.9. The second-order valence-electron chi connectivity index (χ2n) is 9.25. The summed E-state index contributed by atoms with van der Waals surface area (Å²) in [6, 6.07) is 12.7. The van der Waals surface area contributed by atoms with E-state index in [9.17, 15) is 9.59 Å². The van der Waals surface area contributed by atoms with Gasteiger partial charge in [-0.3, -0.25) is 0 Å². The highest BCUT2D eigenvalue weighted by Gasteiger charge is 2.33. The van der Waals surface area contributed by atoms with E-state index in [-0.39, 0.29) is 17.9 Å². The van der Waals surface area contributed by atoms with Crippen LogP contribution in [0.4, 0.5) is 16.2 Å². The van der Waals surface area contributed by atoms with Crippen LogP contribution in [0, 0.1) is 0 Å². The van der Waals surface area contributed by atoms with Crippen LogP contribution in [0.1, 0.15) is 69.2 Å². The molecule has 1 atom stereocenters. The number of urea groups is 1. The van der Waals surface area contributed by atoms with Gasteiger partial charge in [0.2, 0.25) is 0 Å². The maximum atomic E-state index is 12.9. The number of hydrogen-bond donors (Lipinski definition) is 3. The van der Waals surface area contributed by atoms with Crippen molar-refractivity contribution in [2.24, 2.45) is 0 Å². The molecule has 7 nitrogen and oxygen atoms in total. The fraction of sp³-hybridized carbons (Fsp3) is 0.370. The number of nitrogens with one attached hydrogen (secondary N) is 3. The van der Waals surface area contributed by atoms with Crippen LogP contribution in [-0.2, 0) is 9.53 Å². The molecular formula is C27H34N4O3S. The van der Waals surface area contributed by atoms with Crippen molar-refractivity contribution < 1.29 is 14.3 Å². The van der Waals surface area contributed by atoms with E-state index in [1.54, 1.807) is 24.1 Å². The third kappa shape index (κ3) is 5.65. The third-order valence-corrected chi connectivity index (χ3v) is 6.66. The van der Waals surface area contributed by atoms with Gasteiger partial charge in [-0.2, -0.15) is 0 Å². The SMILES string of the molecule is COC(=O)C1=C(C)N(C)C(=S)N[C@@H]1c1ccc(NC(=O)Nc2c(C(C)C)cccc2C(C)C)cc1. The topological polar surface area (TPSA) is 82.7 Å². The molecule has 2 aromatic carbocycles. The summed E-state index contributed by atoms with van der Waals surface area (Å²) in [5.41, 5.74) is 5.75. The van der Waals surface area contributed by atoms with Gasteiger partial charge in [-0.15, -0.1) is 0 Å². The lowest BCUT2D eigenvalue weighted by Crippen LogP contribution is -2.46. The van der Waals surface area contributed by atoms with Gasteiger partial charge in [-0.25, -0.2) is 9.59 Å². The van der Waals surface area contributed by atoms with Crippen molar-refractivity contribution in [1.82, 2.24) is 10.2 Å². The van der Waals surface area contributed by atoms with E-state index in [0.29, 0.717) is 16.4 Å². The Hall–Kier alpha value is -3.39. The number of nitrogens with zero attached hydrogens (tertiary/aromatic N) is 1. The van der Waals surface area contributed by atoms with Gasteiger partial charge < -0.3 is 25.6 Å². The summed E-state index contributed by atoms with van der Waals surface area (Å²) in [4.78, 5) is 27.1. The van der Waals surface area contributed by atoms with E-state index < -0.39 is 12.0 Å². The highest BCUT2D eigenvalue weighted by molar-refractivity contribution is 7.80. The Bertz CT molecular complexity index is 1130. The predicted molar refractivity (Wildman–Crippen MR) is 145 cm³/mol. The molecule has 2 amide bonds. The summed E-state index contributed by atoms with van der Waals surface area (Å²) in [6.45, 7) is 10.3. The van der Waals surface area contributed by atoms with Crippen LogP contribution in [0.5, 0.6) is 0 Å². The molecule has 1 aliphatic heterocycles. The second kappa shape index (κ2) is 10.9. The first-order valence-corrected chi connectivity index (χ1v) is 12.1.